The Morgan fingerprint density at radius 1 is 1.24 bits per heavy atom. The summed E-state index contributed by atoms with van der Waals surface area (Å²) < 4.78 is 5.36. The quantitative estimate of drug-likeness (QED) is 0.809. The molecule has 0 spiro atoms. The molecular formula is C16H22ClN3O. The second kappa shape index (κ2) is 8.15. The third-order valence-corrected chi connectivity index (χ3v) is 3.59. The number of nitrogens with one attached hydrogen (secondary N) is 1. The third-order valence-electron chi connectivity index (χ3n) is 3.34. The van der Waals surface area contributed by atoms with Crippen molar-refractivity contribution in [1.82, 2.24) is 15.5 Å². The maximum absolute atomic E-state index is 5.88. The summed E-state index contributed by atoms with van der Waals surface area (Å²) in [7, 11) is 0. The van der Waals surface area contributed by atoms with E-state index in [1.165, 1.54) is 0 Å². The summed E-state index contributed by atoms with van der Waals surface area (Å²) >= 11 is 5.88. The molecule has 0 radical (unpaired) electrons. The molecule has 0 saturated heterocycles. The van der Waals surface area contributed by atoms with Gasteiger partial charge in [-0.05, 0) is 30.7 Å². The molecule has 0 aliphatic heterocycles. The van der Waals surface area contributed by atoms with Gasteiger partial charge >= 0.3 is 0 Å². The van der Waals surface area contributed by atoms with Gasteiger partial charge in [0.05, 0.1) is 0 Å². The topological polar surface area (TPSA) is 51.0 Å². The maximum atomic E-state index is 5.88. The number of nitrogens with zero attached hydrogens (tertiary/aromatic N) is 2. The molecule has 2 rings (SSSR count). The van der Waals surface area contributed by atoms with E-state index in [1.54, 1.807) is 0 Å². The number of aromatic nitrogens is 2. The highest BCUT2D eigenvalue weighted by Crippen LogP contribution is 2.13. The maximum Gasteiger partial charge on any atom is 0.228 e. The van der Waals surface area contributed by atoms with Crippen LogP contribution in [-0.4, -0.2) is 22.7 Å². The zero-order valence-electron chi connectivity index (χ0n) is 12.6. The number of halogens is 1. The van der Waals surface area contributed by atoms with Crippen LogP contribution < -0.4 is 5.32 Å². The Morgan fingerprint density at radius 3 is 2.67 bits per heavy atom. The average Bonchev–Trinajstić information content (AvgIpc) is 2.89. The number of hydrogen-bond donors (Lipinski definition) is 1. The monoisotopic (exact) mass is 307 g/mol. The molecule has 0 aliphatic carbocycles. The van der Waals surface area contributed by atoms with Crippen LogP contribution >= 0.6 is 11.6 Å². The molecular weight excluding hydrogens is 286 g/mol. The second-order valence-electron chi connectivity index (χ2n) is 5.15. The van der Waals surface area contributed by atoms with Gasteiger partial charge in [0.2, 0.25) is 5.89 Å². The molecule has 1 heterocycles. The third kappa shape index (κ3) is 5.14. The van der Waals surface area contributed by atoms with Crippen molar-refractivity contribution in [3.63, 3.8) is 0 Å². The van der Waals surface area contributed by atoms with Gasteiger partial charge in [0, 0.05) is 23.9 Å². The normalized spacial score (nSPS) is 12.5. The summed E-state index contributed by atoms with van der Waals surface area (Å²) in [6.07, 6.45) is 3.71. The molecule has 0 fully saturated rings. The number of rotatable bonds is 8. The fraction of sp³-hybridized carbons (Fsp3) is 0.500. The lowest BCUT2D eigenvalue weighted by Gasteiger charge is -2.14. The Hall–Kier alpha value is -1.39. The molecule has 1 atom stereocenters. The van der Waals surface area contributed by atoms with Gasteiger partial charge in [-0.25, -0.2) is 0 Å². The predicted molar refractivity (Wildman–Crippen MR) is 84.6 cm³/mol. The van der Waals surface area contributed by atoms with E-state index >= 15 is 0 Å². The zero-order chi connectivity index (χ0) is 15.1. The van der Waals surface area contributed by atoms with Crippen molar-refractivity contribution in [2.75, 3.05) is 6.54 Å². The highest BCUT2D eigenvalue weighted by atomic mass is 35.5. The Bertz CT molecular complexity index is 533. The van der Waals surface area contributed by atoms with Crippen LogP contribution in [0, 0.1) is 0 Å². The highest BCUT2D eigenvalue weighted by molar-refractivity contribution is 6.30. The van der Waals surface area contributed by atoms with Gasteiger partial charge < -0.3 is 9.84 Å². The highest BCUT2D eigenvalue weighted by Gasteiger charge is 2.13. The van der Waals surface area contributed by atoms with Crippen LogP contribution in [0.1, 0.15) is 44.0 Å². The number of benzene rings is 1. The molecule has 1 N–H and O–H groups in total. The van der Waals surface area contributed by atoms with Crippen LogP contribution in [0.15, 0.2) is 28.8 Å². The van der Waals surface area contributed by atoms with Crippen LogP contribution in [0.25, 0.3) is 0 Å². The smallest absolute Gasteiger partial charge is 0.228 e. The summed E-state index contributed by atoms with van der Waals surface area (Å²) in [4.78, 5) is 4.48. The van der Waals surface area contributed by atoms with Crippen molar-refractivity contribution < 1.29 is 4.52 Å². The minimum atomic E-state index is 0.406. The van der Waals surface area contributed by atoms with Crippen molar-refractivity contribution in [3.8, 4) is 0 Å². The Kier molecular flexibility index (Phi) is 6.21. The Labute approximate surface area is 130 Å². The summed E-state index contributed by atoms with van der Waals surface area (Å²) in [5.41, 5.74) is 1.13. The molecule has 1 aromatic heterocycles. The van der Waals surface area contributed by atoms with Crippen LogP contribution in [0.5, 0.6) is 0 Å². The molecule has 4 nitrogen and oxygen atoms in total. The van der Waals surface area contributed by atoms with E-state index in [2.05, 4.69) is 29.3 Å². The molecule has 1 unspecified atom stereocenters. The first-order valence-electron chi connectivity index (χ1n) is 7.50. The lowest BCUT2D eigenvalue weighted by molar-refractivity contribution is 0.349. The largest absolute Gasteiger partial charge is 0.339 e. The van der Waals surface area contributed by atoms with E-state index in [4.69, 9.17) is 16.1 Å². The van der Waals surface area contributed by atoms with Crippen molar-refractivity contribution >= 4 is 11.6 Å². The van der Waals surface area contributed by atoms with E-state index < -0.39 is 0 Å². The van der Waals surface area contributed by atoms with Gasteiger partial charge in [-0.3, -0.25) is 0 Å². The molecule has 2 aromatic rings. The van der Waals surface area contributed by atoms with Gasteiger partial charge in [-0.1, -0.05) is 49.2 Å². The minimum Gasteiger partial charge on any atom is -0.339 e. The van der Waals surface area contributed by atoms with Crippen LogP contribution in [0.4, 0.5) is 0 Å². The van der Waals surface area contributed by atoms with E-state index in [9.17, 15) is 0 Å². The SMILES string of the molecule is CCCC(Cc1nc(Cc2ccc(Cl)cc2)no1)NCC. The Morgan fingerprint density at radius 2 is 2.00 bits per heavy atom. The first-order valence-corrected chi connectivity index (χ1v) is 7.88. The van der Waals surface area contributed by atoms with Gasteiger partial charge in [0.15, 0.2) is 5.82 Å². The lowest BCUT2D eigenvalue weighted by Crippen LogP contribution is -2.30. The molecule has 0 amide bonds. The summed E-state index contributed by atoms with van der Waals surface area (Å²) in [6, 6.07) is 8.12. The first-order chi connectivity index (χ1) is 10.2. The first kappa shape index (κ1) is 16.0. The summed E-state index contributed by atoms with van der Waals surface area (Å²) in [5, 5.41) is 8.25. The van der Waals surface area contributed by atoms with Crippen molar-refractivity contribution in [1.29, 1.82) is 0 Å². The minimum absolute atomic E-state index is 0.406. The van der Waals surface area contributed by atoms with Crippen LogP contribution in [-0.2, 0) is 12.8 Å². The van der Waals surface area contributed by atoms with E-state index in [0.717, 1.165) is 42.2 Å². The predicted octanol–water partition coefficient (Wildman–Crippen LogP) is 3.63. The van der Waals surface area contributed by atoms with Crippen LogP contribution in [0.3, 0.4) is 0 Å². The van der Waals surface area contributed by atoms with Crippen molar-refractivity contribution in [2.24, 2.45) is 0 Å². The van der Waals surface area contributed by atoms with E-state index in [1.807, 2.05) is 24.3 Å². The standard InChI is InChI=1S/C16H22ClN3O/c1-3-5-14(18-4-2)11-16-19-15(20-21-16)10-12-6-8-13(17)9-7-12/h6-9,14,18H,3-5,10-11H2,1-2H3. The lowest BCUT2D eigenvalue weighted by atomic mass is 10.1. The molecule has 5 heteroatoms. The molecule has 1 aromatic carbocycles. The molecule has 0 saturated carbocycles. The zero-order valence-corrected chi connectivity index (χ0v) is 13.4. The van der Waals surface area contributed by atoms with E-state index in [-0.39, 0.29) is 0 Å². The van der Waals surface area contributed by atoms with Crippen LogP contribution in [0.2, 0.25) is 5.02 Å². The Balaban J connectivity index is 1.95. The molecule has 21 heavy (non-hydrogen) atoms. The fourth-order valence-electron chi connectivity index (χ4n) is 2.35. The van der Waals surface area contributed by atoms with Crippen molar-refractivity contribution in [3.05, 3.63) is 46.6 Å². The average molecular weight is 308 g/mol. The summed E-state index contributed by atoms with van der Waals surface area (Å²) in [6.45, 7) is 5.25. The molecule has 0 bridgehead atoms. The van der Waals surface area contributed by atoms with Crippen molar-refractivity contribution in [2.45, 2.75) is 45.6 Å². The second-order valence-corrected chi connectivity index (χ2v) is 5.59. The summed E-state index contributed by atoms with van der Waals surface area (Å²) in [5.74, 6) is 1.43. The number of hydrogen-bond acceptors (Lipinski definition) is 4. The van der Waals surface area contributed by atoms with Gasteiger partial charge in [0.1, 0.15) is 0 Å². The molecule has 0 aliphatic rings. The molecule has 114 valence electrons. The number of likely N-dealkylation sites (N-methyl/N-ethyl adjacent to an activating group) is 1. The van der Waals surface area contributed by atoms with Gasteiger partial charge in [-0.15, -0.1) is 0 Å². The van der Waals surface area contributed by atoms with E-state index in [0.29, 0.717) is 18.4 Å². The fourth-order valence-corrected chi connectivity index (χ4v) is 2.48. The van der Waals surface area contributed by atoms with Gasteiger partial charge in [-0.2, -0.15) is 4.98 Å². The van der Waals surface area contributed by atoms with Gasteiger partial charge in [0.25, 0.3) is 0 Å².